The number of thiazole rings is 1. The second kappa shape index (κ2) is 3.21. The molecule has 14 heavy (non-hydrogen) atoms. The quantitative estimate of drug-likeness (QED) is 0.804. The van der Waals surface area contributed by atoms with Gasteiger partial charge in [-0.05, 0) is 13.8 Å². The summed E-state index contributed by atoms with van der Waals surface area (Å²) >= 11 is 7.27. The number of carbonyl (C=O) groups excluding carboxylic acids is 1. The molecule has 0 bridgehead atoms. The summed E-state index contributed by atoms with van der Waals surface area (Å²) in [7, 11) is 0. The van der Waals surface area contributed by atoms with Crippen molar-refractivity contribution < 1.29 is 4.79 Å². The fourth-order valence-electron chi connectivity index (χ4n) is 1.76. The standard InChI is InChI=1S/C9H11ClN2OS/c1-9(2)5(3-7(13)12-9)8-11-4-6(10)14-8/h4-5H,3H2,1-2H3,(H,12,13). The van der Waals surface area contributed by atoms with Gasteiger partial charge in [0.1, 0.15) is 4.34 Å². The third-order valence-electron chi connectivity index (χ3n) is 2.52. The molecule has 0 radical (unpaired) electrons. The molecule has 2 heterocycles. The lowest BCUT2D eigenvalue weighted by Crippen LogP contribution is -2.38. The van der Waals surface area contributed by atoms with E-state index in [0.29, 0.717) is 10.8 Å². The molecule has 2 rings (SSSR count). The van der Waals surface area contributed by atoms with Crippen molar-refractivity contribution in [2.24, 2.45) is 0 Å². The summed E-state index contributed by atoms with van der Waals surface area (Å²) in [5.74, 6) is 0.235. The third-order valence-corrected chi connectivity index (χ3v) is 3.74. The van der Waals surface area contributed by atoms with Gasteiger partial charge in [0.2, 0.25) is 5.91 Å². The zero-order chi connectivity index (χ0) is 10.3. The van der Waals surface area contributed by atoms with E-state index < -0.39 is 0 Å². The zero-order valence-corrected chi connectivity index (χ0v) is 9.58. The summed E-state index contributed by atoms with van der Waals surface area (Å²) in [5.41, 5.74) is -0.210. The average Bonchev–Trinajstić information content (AvgIpc) is 2.55. The second-order valence-corrected chi connectivity index (χ2v) is 5.72. The highest BCUT2D eigenvalue weighted by Crippen LogP contribution is 2.38. The van der Waals surface area contributed by atoms with Crippen molar-refractivity contribution in [3.63, 3.8) is 0 Å². The molecule has 1 aliphatic rings. The van der Waals surface area contributed by atoms with Crippen molar-refractivity contribution >= 4 is 28.8 Å². The molecule has 1 N–H and O–H groups in total. The number of hydrogen-bond donors (Lipinski definition) is 1. The first kappa shape index (κ1) is 9.93. The van der Waals surface area contributed by atoms with Crippen LogP contribution in [0.5, 0.6) is 0 Å². The van der Waals surface area contributed by atoms with E-state index in [9.17, 15) is 4.79 Å². The van der Waals surface area contributed by atoms with Crippen LogP contribution >= 0.6 is 22.9 Å². The summed E-state index contributed by atoms with van der Waals surface area (Å²) in [4.78, 5) is 15.5. The van der Waals surface area contributed by atoms with Crippen LogP contribution in [0, 0.1) is 0 Å². The Kier molecular flexibility index (Phi) is 2.27. The smallest absolute Gasteiger partial charge is 0.221 e. The van der Waals surface area contributed by atoms with E-state index in [-0.39, 0.29) is 17.4 Å². The Bertz CT molecular complexity index is 375. The molecular formula is C9H11ClN2OS. The van der Waals surface area contributed by atoms with E-state index in [1.165, 1.54) is 11.3 Å². The van der Waals surface area contributed by atoms with Crippen molar-refractivity contribution in [2.45, 2.75) is 31.7 Å². The largest absolute Gasteiger partial charge is 0.350 e. The first-order valence-corrected chi connectivity index (χ1v) is 5.61. The molecule has 3 nitrogen and oxygen atoms in total. The Balaban J connectivity index is 2.31. The van der Waals surface area contributed by atoms with E-state index in [1.807, 2.05) is 13.8 Å². The Morgan fingerprint density at radius 2 is 2.43 bits per heavy atom. The zero-order valence-electron chi connectivity index (χ0n) is 8.00. The third kappa shape index (κ3) is 1.64. The van der Waals surface area contributed by atoms with Gasteiger partial charge in [-0.3, -0.25) is 4.79 Å². The van der Waals surface area contributed by atoms with Crippen LogP contribution in [0.15, 0.2) is 6.20 Å². The van der Waals surface area contributed by atoms with E-state index >= 15 is 0 Å². The van der Waals surface area contributed by atoms with Gasteiger partial charge in [0.15, 0.2) is 0 Å². The number of carbonyl (C=O) groups is 1. The van der Waals surface area contributed by atoms with Gasteiger partial charge in [0.25, 0.3) is 0 Å². The molecule has 1 fully saturated rings. The van der Waals surface area contributed by atoms with Crippen LogP contribution in [0.4, 0.5) is 0 Å². The summed E-state index contributed by atoms with van der Waals surface area (Å²) in [5, 5.41) is 3.88. The summed E-state index contributed by atoms with van der Waals surface area (Å²) < 4.78 is 0.676. The van der Waals surface area contributed by atoms with Gasteiger partial charge < -0.3 is 5.32 Å². The van der Waals surface area contributed by atoms with Crippen molar-refractivity contribution in [1.29, 1.82) is 0 Å². The van der Waals surface area contributed by atoms with E-state index in [0.717, 1.165) is 5.01 Å². The van der Waals surface area contributed by atoms with Crippen LogP contribution < -0.4 is 5.32 Å². The maximum Gasteiger partial charge on any atom is 0.221 e. The lowest BCUT2D eigenvalue weighted by Gasteiger charge is -2.24. The summed E-state index contributed by atoms with van der Waals surface area (Å²) in [6.45, 7) is 4.02. The molecule has 0 saturated carbocycles. The van der Waals surface area contributed by atoms with Crippen LogP contribution in [0.25, 0.3) is 0 Å². The Morgan fingerprint density at radius 1 is 1.71 bits per heavy atom. The van der Waals surface area contributed by atoms with Gasteiger partial charge in [-0.2, -0.15) is 0 Å². The maximum absolute atomic E-state index is 11.3. The summed E-state index contributed by atoms with van der Waals surface area (Å²) in [6.07, 6.45) is 2.15. The first-order chi connectivity index (χ1) is 6.49. The highest BCUT2D eigenvalue weighted by atomic mass is 35.5. The molecule has 1 aromatic rings. The molecule has 1 aromatic heterocycles. The van der Waals surface area contributed by atoms with Gasteiger partial charge in [-0.15, -0.1) is 11.3 Å². The number of halogens is 1. The molecule has 5 heteroatoms. The van der Waals surface area contributed by atoms with E-state index in [2.05, 4.69) is 10.3 Å². The van der Waals surface area contributed by atoms with Gasteiger partial charge >= 0.3 is 0 Å². The van der Waals surface area contributed by atoms with Crippen molar-refractivity contribution in [1.82, 2.24) is 10.3 Å². The fourth-order valence-corrected chi connectivity index (χ4v) is 2.98. The van der Waals surface area contributed by atoms with E-state index in [1.54, 1.807) is 6.20 Å². The predicted molar refractivity (Wildman–Crippen MR) is 56.7 cm³/mol. The fraction of sp³-hybridized carbons (Fsp3) is 0.556. The Morgan fingerprint density at radius 3 is 2.86 bits per heavy atom. The number of rotatable bonds is 1. The van der Waals surface area contributed by atoms with Gasteiger partial charge in [-0.25, -0.2) is 4.98 Å². The monoisotopic (exact) mass is 230 g/mol. The SMILES string of the molecule is CC1(C)NC(=O)CC1c1ncc(Cl)s1. The molecule has 1 saturated heterocycles. The maximum atomic E-state index is 11.3. The van der Waals surface area contributed by atoms with Crippen molar-refractivity contribution in [2.75, 3.05) is 0 Å². The van der Waals surface area contributed by atoms with Crippen molar-refractivity contribution in [3.8, 4) is 0 Å². The van der Waals surface area contributed by atoms with Crippen LogP contribution in [-0.4, -0.2) is 16.4 Å². The van der Waals surface area contributed by atoms with Gasteiger partial charge in [0, 0.05) is 17.9 Å². The van der Waals surface area contributed by atoms with E-state index in [4.69, 9.17) is 11.6 Å². The molecule has 1 amide bonds. The number of aromatic nitrogens is 1. The number of nitrogens with one attached hydrogen (secondary N) is 1. The summed E-state index contributed by atoms with van der Waals surface area (Å²) in [6, 6.07) is 0. The van der Waals surface area contributed by atoms with Crippen LogP contribution in [0.1, 0.15) is 31.2 Å². The van der Waals surface area contributed by atoms with Gasteiger partial charge in [0.05, 0.1) is 11.2 Å². The Labute approximate surface area is 91.5 Å². The van der Waals surface area contributed by atoms with Crippen molar-refractivity contribution in [3.05, 3.63) is 15.5 Å². The average molecular weight is 231 g/mol. The number of nitrogens with zero attached hydrogens (tertiary/aromatic N) is 1. The molecule has 1 unspecified atom stereocenters. The highest BCUT2D eigenvalue weighted by molar-refractivity contribution is 7.15. The topological polar surface area (TPSA) is 42.0 Å². The molecule has 0 spiro atoms. The molecular weight excluding hydrogens is 220 g/mol. The molecule has 1 aliphatic heterocycles. The normalized spacial score (nSPS) is 25.1. The minimum atomic E-state index is -0.210. The molecule has 0 aliphatic carbocycles. The molecule has 0 aromatic carbocycles. The minimum absolute atomic E-state index is 0.0892. The lowest BCUT2D eigenvalue weighted by atomic mass is 9.90. The number of amides is 1. The Hall–Kier alpha value is -0.610. The molecule has 1 atom stereocenters. The first-order valence-electron chi connectivity index (χ1n) is 4.41. The number of hydrogen-bond acceptors (Lipinski definition) is 3. The van der Waals surface area contributed by atoms with Crippen LogP contribution in [-0.2, 0) is 4.79 Å². The van der Waals surface area contributed by atoms with Crippen LogP contribution in [0.3, 0.4) is 0 Å². The molecule has 76 valence electrons. The predicted octanol–water partition coefficient (Wildman–Crippen LogP) is 2.18. The van der Waals surface area contributed by atoms with Crippen LogP contribution in [0.2, 0.25) is 4.34 Å². The second-order valence-electron chi connectivity index (χ2n) is 4.03. The lowest BCUT2D eigenvalue weighted by molar-refractivity contribution is -0.119. The highest BCUT2D eigenvalue weighted by Gasteiger charge is 2.41. The van der Waals surface area contributed by atoms with Gasteiger partial charge in [-0.1, -0.05) is 11.6 Å². The minimum Gasteiger partial charge on any atom is -0.350 e.